The zero-order valence-electron chi connectivity index (χ0n) is 18.0. The number of aromatic nitrogens is 5. The summed E-state index contributed by atoms with van der Waals surface area (Å²) in [6, 6.07) is 3.91. The maximum Gasteiger partial charge on any atom is 0.433 e. The van der Waals surface area contributed by atoms with Crippen LogP contribution in [0.1, 0.15) is 18.5 Å². The monoisotopic (exact) mass is 483 g/mol. The Morgan fingerprint density at radius 2 is 1.79 bits per heavy atom. The Balaban J connectivity index is 1.29. The quantitative estimate of drug-likeness (QED) is 0.527. The molecule has 2 fully saturated rings. The predicted octanol–water partition coefficient (Wildman–Crippen LogP) is 3.38. The Morgan fingerprint density at radius 1 is 1.00 bits per heavy atom. The van der Waals surface area contributed by atoms with E-state index in [1.807, 2.05) is 9.80 Å². The first-order valence-corrected chi connectivity index (χ1v) is 10.9. The van der Waals surface area contributed by atoms with Crippen LogP contribution in [0.25, 0.3) is 11.2 Å². The lowest BCUT2D eigenvalue weighted by Gasteiger charge is -2.47. The summed E-state index contributed by atoms with van der Waals surface area (Å²) in [6.45, 7) is 1.87. The molecule has 2 aliphatic rings. The molecule has 0 unspecified atom stereocenters. The van der Waals surface area contributed by atoms with E-state index in [4.69, 9.17) is 4.74 Å². The Bertz CT molecular complexity index is 1160. The number of hydrogen-bond donors (Lipinski definition) is 0. The first-order valence-electron chi connectivity index (χ1n) is 10.9. The van der Waals surface area contributed by atoms with E-state index in [1.165, 1.54) is 12.3 Å². The van der Waals surface area contributed by atoms with Crippen molar-refractivity contribution in [3.8, 4) is 0 Å². The number of anilines is 2. The summed E-state index contributed by atoms with van der Waals surface area (Å²) in [4.78, 5) is 16.5. The first-order chi connectivity index (χ1) is 16.2. The molecule has 182 valence electrons. The minimum atomic E-state index is -4.50. The number of ether oxygens (including phenoxy) is 1. The number of alkyl halides is 5. The van der Waals surface area contributed by atoms with Gasteiger partial charge in [-0.15, -0.1) is 0 Å². The Morgan fingerprint density at radius 3 is 2.53 bits per heavy atom. The van der Waals surface area contributed by atoms with Gasteiger partial charge < -0.3 is 14.5 Å². The van der Waals surface area contributed by atoms with Gasteiger partial charge in [0.1, 0.15) is 29.4 Å². The van der Waals surface area contributed by atoms with Crippen LogP contribution in [0.3, 0.4) is 0 Å². The number of fused-ring (bicyclic) bond motifs is 1. The summed E-state index contributed by atoms with van der Waals surface area (Å²) in [7, 11) is 0. The molecule has 2 aliphatic heterocycles. The normalized spacial score (nSPS) is 18.9. The summed E-state index contributed by atoms with van der Waals surface area (Å²) < 4.78 is 72.2. The highest BCUT2D eigenvalue weighted by Crippen LogP contribution is 2.34. The molecule has 13 heteroatoms. The molecule has 0 N–H and O–H groups in total. The summed E-state index contributed by atoms with van der Waals surface area (Å²) in [6.07, 6.45) is -2.81. The molecular weight excluding hydrogens is 461 g/mol. The second-order valence-corrected chi connectivity index (χ2v) is 8.47. The van der Waals surface area contributed by atoms with E-state index >= 15 is 0 Å². The van der Waals surface area contributed by atoms with E-state index in [0.29, 0.717) is 62.6 Å². The first kappa shape index (κ1) is 22.7. The molecule has 5 heterocycles. The highest BCUT2D eigenvalue weighted by atomic mass is 19.4. The van der Waals surface area contributed by atoms with Gasteiger partial charge in [0.2, 0.25) is 0 Å². The number of rotatable bonds is 4. The fourth-order valence-corrected chi connectivity index (χ4v) is 4.50. The fraction of sp³-hybridized carbons (Fsp3) is 0.524. The molecule has 0 saturated carbocycles. The topological polar surface area (TPSA) is 72.2 Å². The molecule has 34 heavy (non-hydrogen) atoms. The number of halogens is 5. The zero-order chi connectivity index (χ0) is 23.9. The Kier molecular flexibility index (Phi) is 5.74. The minimum Gasteiger partial charge on any atom is -0.371 e. The standard InChI is InChI=1S/C21H22F5N7O/c22-16(23)12-33-19-14(10-28-33)27-11-18(30-19)31-6-4-20(5-7-31)13-32(8-9-34-20)17-3-1-2-15(29-17)21(24,25)26/h1-3,10-11,16H,4-9,12-13H2. The van der Waals surface area contributed by atoms with Crippen molar-refractivity contribution < 1.29 is 26.7 Å². The third-order valence-corrected chi connectivity index (χ3v) is 6.24. The number of nitrogens with zero attached hydrogens (tertiary/aromatic N) is 7. The molecule has 0 radical (unpaired) electrons. The van der Waals surface area contributed by atoms with Gasteiger partial charge in [0.15, 0.2) is 5.65 Å². The summed E-state index contributed by atoms with van der Waals surface area (Å²) >= 11 is 0. The lowest BCUT2D eigenvalue weighted by atomic mass is 9.89. The van der Waals surface area contributed by atoms with Gasteiger partial charge in [-0.3, -0.25) is 0 Å². The van der Waals surface area contributed by atoms with E-state index in [2.05, 4.69) is 20.1 Å². The van der Waals surface area contributed by atoms with Gasteiger partial charge in [0, 0.05) is 26.2 Å². The minimum absolute atomic E-state index is 0.281. The predicted molar refractivity (Wildman–Crippen MR) is 113 cm³/mol. The third kappa shape index (κ3) is 4.48. The van der Waals surface area contributed by atoms with Crippen LogP contribution < -0.4 is 9.80 Å². The van der Waals surface area contributed by atoms with Gasteiger partial charge >= 0.3 is 6.18 Å². The highest BCUT2D eigenvalue weighted by molar-refractivity contribution is 5.71. The molecular formula is C21H22F5N7O. The average Bonchev–Trinajstić information content (AvgIpc) is 3.20. The maximum atomic E-state index is 13.1. The molecule has 0 aliphatic carbocycles. The van der Waals surface area contributed by atoms with Crippen molar-refractivity contribution in [2.24, 2.45) is 0 Å². The maximum absolute atomic E-state index is 13.1. The van der Waals surface area contributed by atoms with Crippen molar-refractivity contribution in [3.63, 3.8) is 0 Å². The van der Waals surface area contributed by atoms with Gasteiger partial charge in [-0.25, -0.2) is 28.4 Å². The van der Waals surface area contributed by atoms with Crippen LogP contribution in [0.4, 0.5) is 33.6 Å². The second kappa shape index (κ2) is 8.60. The summed E-state index contributed by atoms with van der Waals surface area (Å²) in [5.74, 6) is 0.842. The molecule has 8 nitrogen and oxygen atoms in total. The molecule has 0 atom stereocenters. The molecule has 3 aromatic rings. The van der Waals surface area contributed by atoms with Gasteiger partial charge in [-0.05, 0) is 25.0 Å². The molecule has 5 rings (SSSR count). The fourth-order valence-electron chi connectivity index (χ4n) is 4.50. The lowest BCUT2D eigenvalue weighted by molar-refractivity contribution is -0.141. The lowest BCUT2D eigenvalue weighted by Crippen LogP contribution is -2.57. The van der Waals surface area contributed by atoms with Crippen LogP contribution in [0.15, 0.2) is 30.6 Å². The van der Waals surface area contributed by atoms with Gasteiger partial charge in [-0.1, -0.05) is 6.07 Å². The van der Waals surface area contributed by atoms with Gasteiger partial charge in [-0.2, -0.15) is 18.3 Å². The second-order valence-electron chi connectivity index (χ2n) is 8.47. The van der Waals surface area contributed by atoms with Gasteiger partial charge in [0.25, 0.3) is 6.43 Å². The van der Waals surface area contributed by atoms with Crippen LogP contribution >= 0.6 is 0 Å². The van der Waals surface area contributed by atoms with E-state index in [-0.39, 0.29) is 5.82 Å². The molecule has 0 aromatic carbocycles. The average molecular weight is 483 g/mol. The van der Waals surface area contributed by atoms with Crippen LogP contribution in [-0.4, -0.2) is 69.5 Å². The zero-order valence-corrected chi connectivity index (χ0v) is 18.0. The van der Waals surface area contributed by atoms with Crippen molar-refractivity contribution in [1.29, 1.82) is 0 Å². The van der Waals surface area contributed by atoms with E-state index in [9.17, 15) is 22.0 Å². The smallest absolute Gasteiger partial charge is 0.371 e. The van der Waals surface area contributed by atoms with Crippen molar-refractivity contribution in [2.75, 3.05) is 42.6 Å². The number of hydrogen-bond acceptors (Lipinski definition) is 7. The molecule has 1 spiro atoms. The highest BCUT2D eigenvalue weighted by Gasteiger charge is 2.41. The molecule has 0 amide bonds. The molecule has 2 saturated heterocycles. The van der Waals surface area contributed by atoms with Crippen LogP contribution in [0.5, 0.6) is 0 Å². The molecule has 0 bridgehead atoms. The van der Waals surface area contributed by atoms with Crippen molar-refractivity contribution in [1.82, 2.24) is 24.7 Å². The summed E-state index contributed by atoms with van der Waals surface area (Å²) in [5, 5.41) is 3.94. The Labute approximate surface area is 191 Å². The van der Waals surface area contributed by atoms with Crippen LogP contribution in [-0.2, 0) is 17.5 Å². The number of piperidine rings is 1. The van der Waals surface area contributed by atoms with Crippen molar-refractivity contribution >= 4 is 22.8 Å². The SMILES string of the molecule is FC(F)Cn1ncc2ncc(N3CCC4(CC3)CN(c3cccc(C(F)(F)F)n3)CCO4)nc21. The van der Waals surface area contributed by atoms with Crippen molar-refractivity contribution in [3.05, 3.63) is 36.3 Å². The number of pyridine rings is 1. The van der Waals surface area contributed by atoms with E-state index in [0.717, 1.165) is 10.7 Å². The molecule has 3 aromatic heterocycles. The van der Waals surface area contributed by atoms with E-state index < -0.39 is 30.4 Å². The van der Waals surface area contributed by atoms with Gasteiger partial charge in [0.05, 0.1) is 24.6 Å². The largest absolute Gasteiger partial charge is 0.433 e. The van der Waals surface area contributed by atoms with E-state index in [1.54, 1.807) is 12.3 Å². The Hall–Kier alpha value is -3.09. The van der Waals surface area contributed by atoms with Crippen molar-refractivity contribution in [2.45, 2.75) is 37.6 Å². The third-order valence-electron chi connectivity index (χ3n) is 6.24. The summed E-state index contributed by atoms with van der Waals surface area (Å²) in [5.41, 5.74) is -0.688. The number of morpholine rings is 1. The van der Waals surface area contributed by atoms with Crippen LogP contribution in [0.2, 0.25) is 0 Å². The van der Waals surface area contributed by atoms with Crippen LogP contribution in [0, 0.1) is 0 Å².